The zero-order chi connectivity index (χ0) is 13.2. The molecule has 1 N–H and O–H groups in total. The summed E-state index contributed by atoms with van der Waals surface area (Å²) in [4.78, 5) is 0. The largest absolute Gasteiger partial charge is 0.373 e. The summed E-state index contributed by atoms with van der Waals surface area (Å²) in [7, 11) is 0. The number of likely N-dealkylation sites (N-methyl/N-ethyl adjacent to an activating group) is 1. The summed E-state index contributed by atoms with van der Waals surface area (Å²) in [6, 6.07) is 0.592. The maximum absolute atomic E-state index is 6.36. The number of nitrogens with one attached hydrogen (secondary N) is 1. The quantitative estimate of drug-likeness (QED) is 0.824. The Balaban J connectivity index is 1.93. The van der Waals surface area contributed by atoms with Crippen molar-refractivity contribution in [1.82, 2.24) is 5.32 Å². The lowest BCUT2D eigenvalue weighted by molar-refractivity contribution is -0.0946. The Morgan fingerprint density at radius 3 is 2.33 bits per heavy atom. The van der Waals surface area contributed by atoms with Crippen molar-refractivity contribution in [2.24, 2.45) is 11.3 Å². The first-order chi connectivity index (χ1) is 8.50. The summed E-state index contributed by atoms with van der Waals surface area (Å²) in [5.41, 5.74) is 0.429. The minimum atomic E-state index is 0.429. The summed E-state index contributed by atoms with van der Waals surface area (Å²) in [5, 5.41) is 3.64. The van der Waals surface area contributed by atoms with Gasteiger partial charge in [0.2, 0.25) is 0 Å². The number of hydrogen-bond acceptors (Lipinski definition) is 2. The van der Waals surface area contributed by atoms with Crippen LogP contribution in [0.4, 0.5) is 0 Å². The minimum Gasteiger partial charge on any atom is -0.373 e. The van der Waals surface area contributed by atoms with E-state index in [-0.39, 0.29) is 0 Å². The molecule has 0 amide bonds. The topological polar surface area (TPSA) is 21.3 Å². The highest BCUT2D eigenvalue weighted by atomic mass is 16.5. The molecule has 3 atom stereocenters. The monoisotopic (exact) mass is 253 g/mol. The minimum absolute atomic E-state index is 0.429. The van der Waals surface area contributed by atoms with Crippen molar-refractivity contribution < 1.29 is 4.74 Å². The van der Waals surface area contributed by atoms with Gasteiger partial charge in [-0.05, 0) is 56.4 Å². The van der Waals surface area contributed by atoms with Crippen molar-refractivity contribution in [2.45, 2.75) is 84.5 Å². The van der Waals surface area contributed by atoms with E-state index in [1.807, 2.05) is 0 Å². The molecule has 2 heteroatoms. The lowest BCUT2D eigenvalue weighted by Gasteiger charge is -2.44. The van der Waals surface area contributed by atoms with E-state index >= 15 is 0 Å². The summed E-state index contributed by atoms with van der Waals surface area (Å²) < 4.78 is 6.36. The van der Waals surface area contributed by atoms with Gasteiger partial charge in [-0.3, -0.25) is 0 Å². The van der Waals surface area contributed by atoms with Gasteiger partial charge in [-0.1, -0.05) is 27.7 Å². The first kappa shape index (κ1) is 14.3. The maximum atomic E-state index is 6.36. The molecule has 2 rings (SSSR count). The summed E-state index contributed by atoms with van der Waals surface area (Å²) in [5.74, 6) is 0.817. The van der Waals surface area contributed by atoms with Crippen LogP contribution in [-0.2, 0) is 4.74 Å². The van der Waals surface area contributed by atoms with Gasteiger partial charge in [0.15, 0.2) is 0 Å². The lowest BCUT2D eigenvalue weighted by atomic mass is 9.70. The average Bonchev–Trinajstić information content (AvgIpc) is 2.24. The van der Waals surface area contributed by atoms with E-state index < -0.39 is 0 Å². The molecule has 2 nitrogen and oxygen atoms in total. The smallest absolute Gasteiger partial charge is 0.0734 e. The molecule has 0 spiro atoms. The van der Waals surface area contributed by atoms with Crippen LogP contribution in [0.3, 0.4) is 0 Å². The Bertz CT molecular complexity index is 254. The zero-order valence-corrected chi connectivity index (χ0v) is 12.7. The van der Waals surface area contributed by atoms with Gasteiger partial charge in [-0.2, -0.15) is 0 Å². The van der Waals surface area contributed by atoms with Gasteiger partial charge in [-0.25, -0.2) is 0 Å². The molecule has 0 aromatic rings. The van der Waals surface area contributed by atoms with Crippen molar-refractivity contribution in [1.29, 1.82) is 0 Å². The summed E-state index contributed by atoms with van der Waals surface area (Å²) in [6.07, 6.45) is 8.84. The van der Waals surface area contributed by atoms with Gasteiger partial charge >= 0.3 is 0 Å². The molecule has 0 saturated heterocycles. The first-order valence-corrected chi connectivity index (χ1v) is 7.89. The van der Waals surface area contributed by atoms with Crippen LogP contribution < -0.4 is 5.32 Å². The molecule has 0 heterocycles. The van der Waals surface area contributed by atoms with Gasteiger partial charge in [0.1, 0.15) is 0 Å². The molecular formula is C16H31NO. The predicted molar refractivity (Wildman–Crippen MR) is 76.8 cm³/mol. The van der Waals surface area contributed by atoms with Crippen molar-refractivity contribution in [3.05, 3.63) is 0 Å². The standard InChI is InChI=1S/C16H31NO/c1-5-17-14-10-9-12(16(2,3)4)11-15(14)18-13-7-6-8-13/h12-15,17H,5-11H2,1-4H3. The van der Waals surface area contributed by atoms with Crippen LogP contribution >= 0.6 is 0 Å². The Morgan fingerprint density at radius 2 is 1.83 bits per heavy atom. The van der Waals surface area contributed by atoms with Gasteiger partial charge < -0.3 is 10.1 Å². The lowest BCUT2D eigenvalue weighted by Crippen LogP contribution is -2.49. The van der Waals surface area contributed by atoms with Crippen molar-refractivity contribution >= 4 is 0 Å². The fourth-order valence-corrected chi connectivity index (χ4v) is 3.32. The fourth-order valence-electron chi connectivity index (χ4n) is 3.32. The SMILES string of the molecule is CCNC1CCC(C(C)(C)C)CC1OC1CCC1. The van der Waals surface area contributed by atoms with Crippen LogP contribution in [0, 0.1) is 11.3 Å². The van der Waals surface area contributed by atoms with E-state index in [1.165, 1.54) is 38.5 Å². The predicted octanol–water partition coefficient (Wildman–Crippen LogP) is 3.75. The van der Waals surface area contributed by atoms with Crippen LogP contribution in [0.2, 0.25) is 0 Å². The van der Waals surface area contributed by atoms with Gasteiger partial charge in [-0.15, -0.1) is 0 Å². The van der Waals surface area contributed by atoms with Crippen LogP contribution in [0.25, 0.3) is 0 Å². The Kier molecular flexibility index (Phi) is 4.71. The maximum Gasteiger partial charge on any atom is 0.0734 e. The van der Waals surface area contributed by atoms with E-state index in [2.05, 4.69) is 33.0 Å². The first-order valence-electron chi connectivity index (χ1n) is 7.89. The van der Waals surface area contributed by atoms with Crippen molar-refractivity contribution in [3.8, 4) is 0 Å². The molecule has 106 valence electrons. The zero-order valence-electron chi connectivity index (χ0n) is 12.7. The number of ether oxygens (including phenoxy) is 1. The molecular weight excluding hydrogens is 222 g/mol. The highest BCUT2D eigenvalue weighted by molar-refractivity contribution is 4.91. The third-order valence-electron chi connectivity index (χ3n) is 4.90. The van der Waals surface area contributed by atoms with Gasteiger partial charge in [0, 0.05) is 6.04 Å². The Hall–Kier alpha value is -0.0800. The second kappa shape index (κ2) is 5.92. The molecule has 2 aliphatic carbocycles. The Morgan fingerprint density at radius 1 is 1.11 bits per heavy atom. The molecule has 0 radical (unpaired) electrons. The van der Waals surface area contributed by atoms with Crippen LogP contribution in [-0.4, -0.2) is 24.8 Å². The molecule has 0 aromatic carbocycles. The highest BCUT2D eigenvalue weighted by Gasteiger charge is 2.37. The van der Waals surface area contributed by atoms with Crippen LogP contribution in [0.15, 0.2) is 0 Å². The van der Waals surface area contributed by atoms with Crippen LogP contribution in [0.1, 0.15) is 66.2 Å². The van der Waals surface area contributed by atoms with Crippen molar-refractivity contribution in [3.63, 3.8) is 0 Å². The molecule has 0 bridgehead atoms. The molecule has 18 heavy (non-hydrogen) atoms. The molecule has 2 fully saturated rings. The van der Waals surface area contributed by atoms with E-state index in [4.69, 9.17) is 4.74 Å². The van der Waals surface area contributed by atoms with E-state index in [1.54, 1.807) is 0 Å². The third kappa shape index (κ3) is 3.48. The second-order valence-electron chi connectivity index (χ2n) is 7.27. The average molecular weight is 253 g/mol. The fraction of sp³-hybridized carbons (Fsp3) is 1.00. The second-order valence-corrected chi connectivity index (χ2v) is 7.27. The molecule has 2 saturated carbocycles. The third-order valence-corrected chi connectivity index (χ3v) is 4.90. The van der Waals surface area contributed by atoms with Crippen LogP contribution in [0.5, 0.6) is 0 Å². The highest BCUT2D eigenvalue weighted by Crippen LogP contribution is 2.40. The van der Waals surface area contributed by atoms with E-state index in [0.29, 0.717) is 23.7 Å². The normalized spacial score (nSPS) is 34.3. The molecule has 3 unspecified atom stereocenters. The van der Waals surface area contributed by atoms with Gasteiger partial charge in [0.25, 0.3) is 0 Å². The molecule has 2 aliphatic rings. The number of hydrogen-bond donors (Lipinski definition) is 1. The van der Waals surface area contributed by atoms with Crippen molar-refractivity contribution in [2.75, 3.05) is 6.54 Å². The number of rotatable bonds is 4. The van der Waals surface area contributed by atoms with Gasteiger partial charge in [0.05, 0.1) is 12.2 Å². The Labute approximate surface area is 113 Å². The summed E-state index contributed by atoms with van der Waals surface area (Å²) in [6.45, 7) is 10.4. The summed E-state index contributed by atoms with van der Waals surface area (Å²) >= 11 is 0. The molecule has 0 aliphatic heterocycles. The van der Waals surface area contributed by atoms with E-state index in [9.17, 15) is 0 Å². The molecule has 0 aromatic heterocycles. The van der Waals surface area contributed by atoms with E-state index in [0.717, 1.165) is 12.5 Å².